The van der Waals surface area contributed by atoms with E-state index in [0.717, 1.165) is 0 Å². The third kappa shape index (κ3) is 3.31. The van der Waals surface area contributed by atoms with Crippen LogP contribution in [0.25, 0.3) is 0 Å². The van der Waals surface area contributed by atoms with Crippen LogP contribution in [0.15, 0.2) is 29.2 Å². The molecule has 0 aliphatic rings. The predicted octanol–water partition coefficient (Wildman–Crippen LogP) is -0.947. The molecule has 1 rings (SSSR count). The Morgan fingerprint density at radius 3 is 2.44 bits per heavy atom. The molecule has 0 aromatic heterocycles. The molecule has 0 heterocycles. The fraction of sp³-hybridized carbons (Fsp3) is 0.333. The Kier molecular flexibility index (Phi) is 4.09. The van der Waals surface area contributed by atoms with Crippen molar-refractivity contribution in [2.45, 2.75) is 24.8 Å². The van der Waals surface area contributed by atoms with Crippen LogP contribution in [0.3, 0.4) is 0 Å². The maximum absolute atomic E-state index is 11.7. The molecular weight excluding hydrogens is 229 g/mol. The van der Waals surface area contributed by atoms with Crippen molar-refractivity contribution < 1.29 is 18.5 Å². The van der Waals surface area contributed by atoms with Crippen LogP contribution in [0, 0.1) is 0 Å². The third-order valence-corrected chi connectivity index (χ3v) is 3.51. The largest absolute Gasteiger partial charge is 0.488 e. The molecular formula is C9H14BNO4S. The molecule has 0 amide bonds. The number of rotatable bonds is 4. The zero-order valence-corrected chi connectivity index (χ0v) is 9.90. The Morgan fingerprint density at radius 1 is 1.31 bits per heavy atom. The van der Waals surface area contributed by atoms with Crippen LogP contribution in [0.1, 0.15) is 13.8 Å². The van der Waals surface area contributed by atoms with E-state index in [9.17, 15) is 8.42 Å². The second-order valence-corrected chi connectivity index (χ2v) is 5.44. The minimum absolute atomic E-state index is 0.0202. The smallest absolute Gasteiger partial charge is 0.423 e. The molecule has 3 N–H and O–H groups in total. The number of benzene rings is 1. The minimum Gasteiger partial charge on any atom is -0.423 e. The van der Waals surface area contributed by atoms with Gasteiger partial charge in [-0.05, 0) is 31.4 Å². The summed E-state index contributed by atoms with van der Waals surface area (Å²) in [4.78, 5) is 0.0202. The van der Waals surface area contributed by atoms with E-state index in [1.807, 2.05) is 0 Å². The molecule has 5 nitrogen and oxygen atoms in total. The van der Waals surface area contributed by atoms with E-state index in [-0.39, 0.29) is 16.4 Å². The third-order valence-electron chi connectivity index (χ3n) is 1.86. The Balaban J connectivity index is 3.09. The molecule has 0 atom stereocenters. The maximum atomic E-state index is 11.7. The molecule has 0 fully saturated rings. The van der Waals surface area contributed by atoms with E-state index in [4.69, 9.17) is 10.0 Å². The first kappa shape index (κ1) is 13.2. The molecule has 1 aromatic carbocycles. The van der Waals surface area contributed by atoms with Crippen LogP contribution in [-0.2, 0) is 10.0 Å². The van der Waals surface area contributed by atoms with Crippen molar-refractivity contribution >= 4 is 22.6 Å². The molecule has 0 aliphatic heterocycles. The Labute approximate surface area is 95.3 Å². The SMILES string of the molecule is CC(C)NS(=O)(=O)c1cccc(B(O)O)c1. The fourth-order valence-corrected chi connectivity index (χ4v) is 2.53. The molecule has 0 unspecified atom stereocenters. The highest BCUT2D eigenvalue weighted by molar-refractivity contribution is 7.89. The Morgan fingerprint density at radius 2 is 1.94 bits per heavy atom. The van der Waals surface area contributed by atoms with Gasteiger partial charge in [-0.2, -0.15) is 0 Å². The van der Waals surface area contributed by atoms with Gasteiger partial charge in [0.25, 0.3) is 0 Å². The van der Waals surface area contributed by atoms with Crippen molar-refractivity contribution in [2.75, 3.05) is 0 Å². The lowest BCUT2D eigenvalue weighted by Gasteiger charge is -2.10. The second kappa shape index (κ2) is 4.96. The summed E-state index contributed by atoms with van der Waals surface area (Å²) in [6, 6.07) is 5.32. The van der Waals surface area contributed by atoms with Gasteiger partial charge in [-0.15, -0.1) is 0 Å². The van der Waals surface area contributed by atoms with Gasteiger partial charge in [0.05, 0.1) is 4.90 Å². The van der Waals surface area contributed by atoms with Gasteiger partial charge < -0.3 is 10.0 Å². The van der Waals surface area contributed by atoms with Crippen molar-refractivity contribution in [1.82, 2.24) is 4.72 Å². The van der Waals surface area contributed by atoms with Crippen LogP contribution in [0.5, 0.6) is 0 Å². The van der Waals surface area contributed by atoms with Crippen molar-refractivity contribution in [3.05, 3.63) is 24.3 Å². The molecule has 7 heteroatoms. The van der Waals surface area contributed by atoms with E-state index in [1.54, 1.807) is 13.8 Å². The molecule has 0 saturated heterocycles. The number of hydrogen-bond donors (Lipinski definition) is 3. The lowest BCUT2D eigenvalue weighted by Crippen LogP contribution is -2.33. The van der Waals surface area contributed by atoms with Crippen LogP contribution in [0.4, 0.5) is 0 Å². The predicted molar refractivity (Wildman–Crippen MR) is 61.7 cm³/mol. The monoisotopic (exact) mass is 243 g/mol. The zero-order valence-electron chi connectivity index (χ0n) is 9.08. The van der Waals surface area contributed by atoms with Crippen LogP contribution < -0.4 is 10.2 Å². The lowest BCUT2D eigenvalue weighted by molar-refractivity contribution is 0.425. The first-order valence-corrected chi connectivity index (χ1v) is 6.29. The zero-order chi connectivity index (χ0) is 12.3. The normalized spacial score (nSPS) is 11.8. The summed E-state index contributed by atoms with van der Waals surface area (Å²) in [5.41, 5.74) is 0.145. The van der Waals surface area contributed by atoms with Crippen molar-refractivity contribution in [3.8, 4) is 0 Å². The highest BCUT2D eigenvalue weighted by Crippen LogP contribution is 2.07. The van der Waals surface area contributed by atoms with Crippen molar-refractivity contribution in [1.29, 1.82) is 0 Å². The molecule has 16 heavy (non-hydrogen) atoms. The van der Waals surface area contributed by atoms with Crippen LogP contribution >= 0.6 is 0 Å². The second-order valence-electron chi connectivity index (χ2n) is 3.72. The molecule has 0 spiro atoms. The summed E-state index contributed by atoms with van der Waals surface area (Å²) < 4.78 is 25.9. The summed E-state index contributed by atoms with van der Waals surface area (Å²) in [6.45, 7) is 3.42. The molecule has 0 saturated carbocycles. The molecule has 0 radical (unpaired) electrons. The first-order valence-electron chi connectivity index (χ1n) is 4.81. The van der Waals surface area contributed by atoms with E-state index in [2.05, 4.69) is 4.72 Å². The number of hydrogen-bond acceptors (Lipinski definition) is 4. The molecule has 0 aliphatic carbocycles. The van der Waals surface area contributed by atoms with Crippen molar-refractivity contribution in [3.63, 3.8) is 0 Å². The molecule has 1 aromatic rings. The summed E-state index contributed by atoms with van der Waals surface area (Å²) in [7, 11) is -5.26. The van der Waals surface area contributed by atoms with Gasteiger partial charge in [-0.3, -0.25) is 0 Å². The highest BCUT2D eigenvalue weighted by Gasteiger charge is 2.18. The minimum atomic E-state index is -3.59. The summed E-state index contributed by atoms with van der Waals surface area (Å²) in [5.74, 6) is 0. The average Bonchev–Trinajstić information content (AvgIpc) is 2.16. The Hall–Kier alpha value is -0.885. The van der Waals surface area contributed by atoms with Gasteiger partial charge in [-0.25, -0.2) is 13.1 Å². The van der Waals surface area contributed by atoms with Gasteiger partial charge in [-0.1, -0.05) is 12.1 Å². The summed E-state index contributed by atoms with van der Waals surface area (Å²) >= 11 is 0. The van der Waals surface area contributed by atoms with Gasteiger partial charge in [0, 0.05) is 6.04 Å². The molecule has 0 bridgehead atoms. The van der Waals surface area contributed by atoms with E-state index < -0.39 is 17.1 Å². The average molecular weight is 243 g/mol. The summed E-state index contributed by atoms with van der Waals surface area (Å²) in [6.07, 6.45) is 0. The van der Waals surface area contributed by atoms with Gasteiger partial charge in [0.15, 0.2) is 0 Å². The Bertz CT molecular complexity index is 458. The molecule has 88 valence electrons. The van der Waals surface area contributed by atoms with Crippen LogP contribution in [-0.4, -0.2) is 31.6 Å². The van der Waals surface area contributed by atoms with Gasteiger partial charge in [0.1, 0.15) is 0 Å². The van der Waals surface area contributed by atoms with E-state index in [1.165, 1.54) is 24.3 Å². The van der Waals surface area contributed by atoms with Crippen molar-refractivity contribution in [2.24, 2.45) is 0 Å². The highest BCUT2D eigenvalue weighted by atomic mass is 32.2. The first-order chi connectivity index (χ1) is 7.33. The number of sulfonamides is 1. The standard InChI is InChI=1S/C9H14BNO4S/c1-7(2)11-16(14,15)9-5-3-4-8(6-9)10(12)13/h3-7,11-13H,1-2H3. The van der Waals surface area contributed by atoms with Gasteiger partial charge >= 0.3 is 7.12 Å². The van der Waals surface area contributed by atoms with Gasteiger partial charge in [0.2, 0.25) is 10.0 Å². The maximum Gasteiger partial charge on any atom is 0.488 e. The quantitative estimate of drug-likeness (QED) is 0.595. The van der Waals surface area contributed by atoms with Crippen LogP contribution in [0.2, 0.25) is 0 Å². The number of nitrogens with one attached hydrogen (secondary N) is 1. The fourth-order valence-electron chi connectivity index (χ4n) is 1.22. The topological polar surface area (TPSA) is 86.6 Å². The lowest BCUT2D eigenvalue weighted by atomic mass is 9.80. The summed E-state index contributed by atoms with van der Waals surface area (Å²) in [5, 5.41) is 17.9. The van der Waals surface area contributed by atoms with E-state index in [0.29, 0.717) is 0 Å². The van der Waals surface area contributed by atoms with E-state index >= 15 is 0 Å².